The van der Waals surface area contributed by atoms with Gasteiger partial charge in [-0.1, -0.05) is 11.6 Å². The summed E-state index contributed by atoms with van der Waals surface area (Å²) in [6.07, 6.45) is 2.44. The van der Waals surface area contributed by atoms with Crippen molar-refractivity contribution in [1.82, 2.24) is 10.4 Å². The molecule has 9 nitrogen and oxygen atoms in total. The van der Waals surface area contributed by atoms with Gasteiger partial charge in [-0.2, -0.15) is 5.10 Å². The number of benzene rings is 1. The quantitative estimate of drug-likeness (QED) is 0.490. The number of hydrogen-bond donors (Lipinski definition) is 1. The molecule has 0 saturated heterocycles. The number of aromatic nitrogens is 1. The SMILES string of the molecule is CCOc1cnc(C(=O)NN=Cc2cc([N+](=O)[O-])ccc2Cl)o1. The molecule has 10 heteroatoms. The van der Waals surface area contributed by atoms with Gasteiger partial charge in [-0.25, -0.2) is 10.4 Å². The van der Waals surface area contributed by atoms with Gasteiger partial charge in [0.2, 0.25) is 0 Å². The Bertz CT molecular complexity index is 759. The van der Waals surface area contributed by atoms with E-state index in [4.69, 9.17) is 20.8 Å². The molecule has 1 N–H and O–H groups in total. The molecule has 1 heterocycles. The van der Waals surface area contributed by atoms with E-state index in [0.717, 1.165) is 0 Å². The van der Waals surface area contributed by atoms with Crippen LogP contribution in [0.25, 0.3) is 0 Å². The smallest absolute Gasteiger partial charge is 0.327 e. The summed E-state index contributed by atoms with van der Waals surface area (Å²) in [5, 5.41) is 14.6. The van der Waals surface area contributed by atoms with Crippen molar-refractivity contribution in [1.29, 1.82) is 0 Å². The van der Waals surface area contributed by atoms with E-state index in [1.165, 1.54) is 30.6 Å². The Hall–Kier alpha value is -2.94. The highest BCUT2D eigenvalue weighted by Gasteiger charge is 2.13. The Morgan fingerprint density at radius 1 is 1.61 bits per heavy atom. The number of rotatable bonds is 6. The zero-order valence-electron chi connectivity index (χ0n) is 11.9. The van der Waals surface area contributed by atoms with Crippen molar-refractivity contribution < 1.29 is 18.9 Å². The molecule has 0 aliphatic carbocycles. The highest BCUT2D eigenvalue weighted by atomic mass is 35.5. The predicted molar refractivity (Wildman–Crippen MR) is 80.8 cm³/mol. The van der Waals surface area contributed by atoms with Crippen LogP contribution in [0.5, 0.6) is 5.95 Å². The topological polar surface area (TPSA) is 120 Å². The van der Waals surface area contributed by atoms with Gasteiger partial charge in [0.05, 0.1) is 17.7 Å². The number of oxazole rings is 1. The Morgan fingerprint density at radius 3 is 3.09 bits per heavy atom. The lowest BCUT2D eigenvalue weighted by molar-refractivity contribution is -0.384. The number of carbonyl (C=O) groups excluding carboxylic acids is 1. The van der Waals surface area contributed by atoms with Crippen LogP contribution in [0.15, 0.2) is 33.9 Å². The number of nitrogens with zero attached hydrogens (tertiary/aromatic N) is 3. The minimum absolute atomic E-state index is 0.114. The van der Waals surface area contributed by atoms with E-state index in [-0.39, 0.29) is 28.1 Å². The predicted octanol–water partition coefficient (Wildman–Crippen LogP) is 2.40. The number of amides is 1. The summed E-state index contributed by atoms with van der Waals surface area (Å²) in [5.74, 6) is -0.812. The Balaban J connectivity index is 2.04. The zero-order valence-corrected chi connectivity index (χ0v) is 12.6. The second-order valence-corrected chi connectivity index (χ2v) is 4.49. The largest absolute Gasteiger partial charge is 0.464 e. The van der Waals surface area contributed by atoms with Crippen molar-refractivity contribution >= 4 is 29.4 Å². The molecule has 120 valence electrons. The molecule has 23 heavy (non-hydrogen) atoms. The first kappa shape index (κ1) is 16.4. The lowest BCUT2D eigenvalue weighted by Crippen LogP contribution is -2.17. The molecule has 0 aliphatic heterocycles. The van der Waals surface area contributed by atoms with E-state index < -0.39 is 10.8 Å². The maximum atomic E-state index is 11.7. The first-order valence-electron chi connectivity index (χ1n) is 6.37. The number of nitrogens with one attached hydrogen (secondary N) is 1. The van der Waals surface area contributed by atoms with E-state index in [0.29, 0.717) is 6.61 Å². The number of halogens is 1. The number of non-ortho nitro benzene ring substituents is 1. The molecular formula is C13H11ClN4O5. The van der Waals surface area contributed by atoms with Gasteiger partial charge in [-0.3, -0.25) is 14.9 Å². The summed E-state index contributed by atoms with van der Waals surface area (Å²) < 4.78 is 10.1. The second kappa shape index (κ2) is 7.36. The average molecular weight is 339 g/mol. The number of nitro benzene ring substituents is 1. The van der Waals surface area contributed by atoms with Crippen LogP contribution in [-0.2, 0) is 0 Å². The average Bonchev–Trinajstić information content (AvgIpc) is 2.98. The van der Waals surface area contributed by atoms with Crippen LogP contribution in [0.1, 0.15) is 23.2 Å². The molecule has 0 aliphatic rings. The van der Waals surface area contributed by atoms with Crippen molar-refractivity contribution in [2.24, 2.45) is 5.10 Å². The molecule has 0 atom stereocenters. The minimum atomic E-state index is -0.700. The van der Waals surface area contributed by atoms with E-state index in [1.807, 2.05) is 0 Å². The second-order valence-electron chi connectivity index (χ2n) is 4.08. The van der Waals surface area contributed by atoms with Crippen LogP contribution >= 0.6 is 11.6 Å². The normalized spacial score (nSPS) is 10.7. The van der Waals surface area contributed by atoms with Gasteiger partial charge in [0.15, 0.2) is 0 Å². The zero-order chi connectivity index (χ0) is 16.8. The molecule has 0 bridgehead atoms. The van der Waals surface area contributed by atoms with Crippen LogP contribution in [0, 0.1) is 10.1 Å². The van der Waals surface area contributed by atoms with Crippen molar-refractivity contribution in [3.05, 3.63) is 51.0 Å². The van der Waals surface area contributed by atoms with Gasteiger partial charge in [-0.05, 0) is 13.0 Å². The first-order valence-corrected chi connectivity index (χ1v) is 6.75. The summed E-state index contributed by atoms with van der Waals surface area (Å²) >= 11 is 5.90. The lowest BCUT2D eigenvalue weighted by Gasteiger charge is -1.98. The van der Waals surface area contributed by atoms with E-state index in [2.05, 4.69) is 15.5 Å². The molecule has 0 saturated carbocycles. The molecule has 1 aromatic carbocycles. The number of nitro groups is 1. The van der Waals surface area contributed by atoms with E-state index in [9.17, 15) is 14.9 Å². The van der Waals surface area contributed by atoms with E-state index in [1.54, 1.807) is 6.92 Å². The summed E-state index contributed by atoms with van der Waals surface area (Å²) in [7, 11) is 0. The van der Waals surface area contributed by atoms with Gasteiger partial charge in [0.25, 0.3) is 11.6 Å². The minimum Gasteiger partial charge on any atom is -0.464 e. The molecule has 1 amide bonds. The maximum absolute atomic E-state index is 11.7. The molecule has 1 aromatic heterocycles. The highest BCUT2D eigenvalue weighted by molar-refractivity contribution is 6.33. The van der Waals surface area contributed by atoms with Gasteiger partial charge < -0.3 is 9.15 Å². The molecule has 0 unspecified atom stereocenters. The van der Waals surface area contributed by atoms with Crippen molar-refractivity contribution in [3.8, 4) is 5.95 Å². The van der Waals surface area contributed by atoms with Gasteiger partial charge in [0, 0.05) is 22.7 Å². The first-order chi connectivity index (χ1) is 11.0. The molecule has 2 aromatic rings. The summed E-state index contributed by atoms with van der Waals surface area (Å²) in [6.45, 7) is 2.13. The monoisotopic (exact) mass is 338 g/mol. The van der Waals surface area contributed by atoms with Crippen molar-refractivity contribution in [2.45, 2.75) is 6.92 Å². The number of hydrogen-bond acceptors (Lipinski definition) is 7. The lowest BCUT2D eigenvalue weighted by atomic mass is 10.2. The standard InChI is InChI=1S/C13H11ClN4O5/c1-2-22-11-7-15-13(23-11)12(19)17-16-6-8-5-9(18(20)21)3-4-10(8)14/h3-7H,2H2,1H3,(H,17,19). The Labute approximate surface area is 135 Å². The molecule has 0 spiro atoms. The number of hydrazone groups is 1. The Morgan fingerprint density at radius 2 is 2.39 bits per heavy atom. The summed E-state index contributed by atoms with van der Waals surface area (Å²) in [4.78, 5) is 25.6. The number of carbonyl (C=O) groups is 1. The van der Waals surface area contributed by atoms with Crippen LogP contribution in [0.4, 0.5) is 5.69 Å². The van der Waals surface area contributed by atoms with Gasteiger partial charge in [0.1, 0.15) is 6.20 Å². The fraction of sp³-hybridized carbons (Fsp3) is 0.154. The van der Waals surface area contributed by atoms with Crippen LogP contribution in [-0.4, -0.2) is 28.6 Å². The fourth-order valence-electron chi connectivity index (χ4n) is 1.53. The number of ether oxygens (including phenoxy) is 1. The third-order valence-corrected chi connectivity index (χ3v) is 2.87. The highest BCUT2D eigenvalue weighted by Crippen LogP contribution is 2.20. The van der Waals surface area contributed by atoms with Crippen LogP contribution in [0.2, 0.25) is 5.02 Å². The third-order valence-electron chi connectivity index (χ3n) is 2.53. The Kier molecular flexibility index (Phi) is 5.26. The maximum Gasteiger partial charge on any atom is 0.327 e. The van der Waals surface area contributed by atoms with Crippen molar-refractivity contribution in [2.75, 3.05) is 6.61 Å². The molecule has 0 fully saturated rings. The van der Waals surface area contributed by atoms with Crippen LogP contribution in [0.3, 0.4) is 0 Å². The molecule has 2 rings (SSSR count). The van der Waals surface area contributed by atoms with Gasteiger partial charge >= 0.3 is 11.9 Å². The molecular weight excluding hydrogens is 328 g/mol. The molecule has 0 radical (unpaired) electrons. The summed E-state index contributed by atoms with van der Waals surface area (Å²) in [6, 6.07) is 3.86. The third kappa shape index (κ3) is 4.27. The summed E-state index contributed by atoms with van der Waals surface area (Å²) in [5.41, 5.74) is 2.31. The van der Waals surface area contributed by atoms with Crippen molar-refractivity contribution in [3.63, 3.8) is 0 Å². The van der Waals surface area contributed by atoms with E-state index >= 15 is 0 Å². The van der Waals surface area contributed by atoms with Gasteiger partial charge in [-0.15, -0.1) is 0 Å². The fourth-order valence-corrected chi connectivity index (χ4v) is 1.69. The van der Waals surface area contributed by atoms with Crippen LogP contribution < -0.4 is 10.2 Å².